The van der Waals surface area contributed by atoms with Crippen LogP contribution in [-0.2, 0) is 4.74 Å². The van der Waals surface area contributed by atoms with Crippen LogP contribution in [0.3, 0.4) is 0 Å². The second-order valence-electron chi connectivity index (χ2n) is 4.12. The Kier molecular flexibility index (Phi) is 5.39. The fraction of sp³-hybridized carbons (Fsp3) is 0.417. The Bertz CT molecular complexity index is 521. The SMILES string of the molecule is CCC(COC)Nc1cc(C(=O)O)c(F)cc1[N+](=O)[O-]. The summed E-state index contributed by atoms with van der Waals surface area (Å²) < 4.78 is 18.4. The molecule has 8 heteroatoms. The minimum atomic E-state index is -1.49. The third-order valence-corrected chi connectivity index (χ3v) is 2.73. The molecule has 2 N–H and O–H groups in total. The van der Waals surface area contributed by atoms with Gasteiger partial charge in [0.1, 0.15) is 11.5 Å². The van der Waals surface area contributed by atoms with Crippen molar-refractivity contribution in [2.45, 2.75) is 19.4 Å². The Morgan fingerprint density at radius 2 is 2.25 bits per heavy atom. The highest BCUT2D eigenvalue weighted by Crippen LogP contribution is 2.28. The molecular formula is C12H15FN2O5. The molecule has 0 bridgehead atoms. The number of carbonyl (C=O) groups is 1. The third kappa shape index (κ3) is 3.64. The van der Waals surface area contributed by atoms with E-state index in [1.807, 2.05) is 6.92 Å². The number of anilines is 1. The maximum atomic E-state index is 13.5. The number of benzene rings is 1. The molecule has 1 aromatic carbocycles. The van der Waals surface area contributed by atoms with Crippen LogP contribution in [0.15, 0.2) is 12.1 Å². The Morgan fingerprint density at radius 1 is 1.60 bits per heavy atom. The van der Waals surface area contributed by atoms with E-state index in [9.17, 15) is 19.3 Å². The summed E-state index contributed by atoms with van der Waals surface area (Å²) in [5.41, 5.74) is -1.18. The zero-order valence-corrected chi connectivity index (χ0v) is 11.1. The quantitative estimate of drug-likeness (QED) is 0.589. The van der Waals surface area contributed by atoms with Crippen molar-refractivity contribution in [2.75, 3.05) is 19.0 Å². The highest BCUT2D eigenvalue weighted by molar-refractivity contribution is 5.90. The Labute approximate surface area is 114 Å². The van der Waals surface area contributed by atoms with Crippen LogP contribution >= 0.6 is 0 Å². The first-order valence-electron chi connectivity index (χ1n) is 5.87. The summed E-state index contributed by atoms with van der Waals surface area (Å²) in [6.07, 6.45) is 0.602. The Hall–Kier alpha value is -2.22. The summed E-state index contributed by atoms with van der Waals surface area (Å²) in [4.78, 5) is 21.0. The number of methoxy groups -OCH3 is 1. The first kappa shape index (κ1) is 15.8. The van der Waals surface area contributed by atoms with Gasteiger partial charge in [0.05, 0.1) is 23.2 Å². The van der Waals surface area contributed by atoms with Gasteiger partial charge in [-0.3, -0.25) is 10.1 Å². The molecule has 1 rings (SSSR count). The molecule has 0 radical (unpaired) electrons. The average Bonchev–Trinajstić information content (AvgIpc) is 2.38. The monoisotopic (exact) mass is 286 g/mol. The number of rotatable bonds is 7. The first-order chi connectivity index (χ1) is 9.40. The Morgan fingerprint density at radius 3 is 2.70 bits per heavy atom. The van der Waals surface area contributed by atoms with E-state index >= 15 is 0 Å². The average molecular weight is 286 g/mol. The van der Waals surface area contributed by atoms with Gasteiger partial charge in [-0.25, -0.2) is 9.18 Å². The zero-order valence-electron chi connectivity index (χ0n) is 11.1. The van der Waals surface area contributed by atoms with E-state index in [1.54, 1.807) is 0 Å². The number of nitrogens with one attached hydrogen (secondary N) is 1. The van der Waals surface area contributed by atoms with Crippen LogP contribution in [0.5, 0.6) is 0 Å². The smallest absolute Gasteiger partial charge is 0.338 e. The van der Waals surface area contributed by atoms with Gasteiger partial charge in [-0.15, -0.1) is 0 Å². The van der Waals surface area contributed by atoms with Crippen molar-refractivity contribution in [1.29, 1.82) is 0 Å². The van der Waals surface area contributed by atoms with E-state index in [1.165, 1.54) is 7.11 Å². The summed E-state index contributed by atoms with van der Waals surface area (Å²) in [5, 5.41) is 22.6. The molecule has 0 amide bonds. The van der Waals surface area contributed by atoms with E-state index in [-0.39, 0.29) is 18.3 Å². The number of nitro groups is 1. The van der Waals surface area contributed by atoms with E-state index in [2.05, 4.69) is 5.32 Å². The number of ether oxygens (including phenoxy) is 1. The van der Waals surface area contributed by atoms with Crippen LogP contribution in [0.2, 0.25) is 0 Å². The van der Waals surface area contributed by atoms with Crippen molar-refractivity contribution in [3.8, 4) is 0 Å². The number of carboxylic acid groups (broad SMARTS) is 1. The van der Waals surface area contributed by atoms with E-state index < -0.39 is 28.0 Å². The van der Waals surface area contributed by atoms with E-state index in [0.717, 1.165) is 6.07 Å². The molecule has 0 aromatic heterocycles. The first-order valence-corrected chi connectivity index (χ1v) is 5.87. The second-order valence-corrected chi connectivity index (χ2v) is 4.12. The lowest BCUT2D eigenvalue weighted by Crippen LogP contribution is -2.24. The fourth-order valence-corrected chi connectivity index (χ4v) is 1.68. The van der Waals surface area contributed by atoms with Crippen LogP contribution in [0.4, 0.5) is 15.8 Å². The predicted octanol–water partition coefficient (Wildman–Crippen LogP) is 2.27. The molecule has 0 fully saturated rings. The number of hydrogen-bond acceptors (Lipinski definition) is 5. The van der Waals surface area contributed by atoms with Gasteiger partial charge in [0.15, 0.2) is 0 Å². The van der Waals surface area contributed by atoms with Gasteiger partial charge in [0.2, 0.25) is 0 Å². The molecule has 1 aromatic rings. The summed E-state index contributed by atoms with van der Waals surface area (Å²) >= 11 is 0. The van der Waals surface area contributed by atoms with Gasteiger partial charge in [-0.2, -0.15) is 0 Å². The summed E-state index contributed by atoms with van der Waals surface area (Å²) in [6.45, 7) is 2.12. The Balaban J connectivity index is 3.23. The van der Waals surface area contributed by atoms with Gasteiger partial charge in [-0.1, -0.05) is 6.92 Å². The van der Waals surface area contributed by atoms with Crippen molar-refractivity contribution in [1.82, 2.24) is 0 Å². The fourth-order valence-electron chi connectivity index (χ4n) is 1.68. The molecular weight excluding hydrogens is 271 g/mol. The van der Waals surface area contributed by atoms with Crippen LogP contribution in [0, 0.1) is 15.9 Å². The number of aromatic carboxylic acids is 1. The number of halogens is 1. The van der Waals surface area contributed by atoms with Crippen LogP contribution in [0.1, 0.15) is 23.7 Å². The van der Waals surface area contributed by atoms with Crippen molar-refractivity contribution < 1.29 is 24.0 Å². The van der Waals surface area contributed by atoms with Crippen LogP contribution in [0.25, 0.3) is 0 Å². The number of carboxylic acids is 1. The lowest BCUT2D eigenvalue weighted by atomic mass is 10.1. The lowest BCUT2D eigenvalue weighted by Gasteiger charge is -2.17. The van der Waals surface area contributed by atoms with Crippen LogP contribution in [-0.4, -0.2) is 35.8 Å². The summed E-state index contributed by atoms with van der Waals surface area (Å²) in [7, 11) is 1.48. The van der Waals surface area contributed by atoms with Crippen molar-refractivity contribution in [3.63, 3.8) is 0 Å². The van der Waals surface area contributed by atoms with Gasteiger partial charge in [-0.05, 0) is 12.5 Å². The third-order valence-electron chi connectivity index (χ3n) is 2.73. The number of nitro benzene ring substituents is 1. The molecule has 0 spiro atoms. The lowest BCUT2D eigenvalue weighted by molar-refractivity contribution is -0.384. The van der Waals surface area contributed by atoms with E-state index in [0.29, 0.717) is 12.5 Å². The molecule has 1 atom stereocenters. The molecule has 7 nitrogen and oxygen atoms in total. The number of hydrogen-bond donors (Lipinski definition) is 2. The molecule has 110 valence electrons. The summed E-state index contributed by atoms with van der Waals surface area (Å²) in [6, 6.07) is 1.28. The molecule has 0 heterocycles. The summed E-state index contributed by atoms with van der Waals surface area (Å²) in [5.74, 6) is -2.63. The van der Waals surface area contributed by atoms with Crippen molar-refractivity contribution in [3.05, 3.63) is 33.6 Å². The molecule has 0 saturated heterocycles. The van der Waals surface area contributed by atoms with Gasteiger partial charge in [0, 0.05) is 13.2 Å². The van der Waals surface area contributed by atoms with E-state index in [4.69, 9.17) is 9.84 Å². The van der Waals surface area contributed by atoms with Gasteiger partial charge < -0.3 is 15.2 Å². The molecule has 0 aliphatic carbocycles. The normalized spacial score (nSPS) is 11.9. The van der Waals surface area contributed by atoms with Gasteiger partial charge >= 0.3 is 5.97 Å². The minimum Gasteiger partial charge on any atom is -0.478 e. The minimum absolute atomic E-state index is 0.0438. The molecule has 0 aliphatic heterocycles. The zero-order chi connectivity index (χ0) is 15.3. The maximum absolute atomic E-state index is 13.5. The standard InChI is InChI=1S/C12H15FN2O5/c1-3-7(6-20-2)14-10-4-8(12(16)17)9(13)5-11(10)15(18)19/h4-5,7,14H,3,6H2,1-2H3,(H,16,17). The predicted molar refractivity (Wildman–Crippen MR) is 69.6 cm³/mol. The number of nitrogens with zero attached hydrogens (tertiary/aromatic N) is 1. The largest absolute Gasteiger partial charge is 0.478 e. The maximum Gasteiger partial charge on any atom is 0.338 e. The van der Waals surface area contributed by atoms with Crippen molar-refractivity contribution in [2.24, 2.45) is 0 Å². The topological polar surface area (TPSA) is 102 Å². The highest BCUT2D eigenvalue weighted by Gasteiger charge is 2.23. The molecule has 1 unspecified atom stereocenters. The van der Waals surface area contributed by atoms with Crippen molar-refractivity contribution >= 4 is 17.3 Å². The molecule has 0 aliphatic rings. The highest BCUT2D eigenvalue weighted by atomic mass is 19.1. The second kappa shape index (κ2) is 6.80. The molecule has 0 saturated carbocycles. The van der Waals surface area contributed by atoms with Crippen LogP contribution < -0.4 is 5.32 Å². The van der Waals surface area contributed by atoms with Gasteiger partial charge in [0.25, 0.3) is 5.69 Å². The molecule has 20 heavy (non-hydrogen) atoms.